The summed E-state index contributed by atoms with van der Waals surface area (Å²) in [5, 5.41) is 3.61. The summed E-state index contributed by atoms with van der Waals surface area (Å²) < 4.78 is 0. The number of hydrogen-bond acceptors (Lipinski definition) is 2. The summed E-state index contributed by atoms with van der Waals surface area (Å²) >= 11 is 1.88. The first kappa shape index (κ1) is 19.7. The van der Waals surface area contributed by atoms with Gasteiger partial charge in [-0.1, -0.05) is 85.0 Å². The fourth-order valence-corrected chi connectivity index (χ4v) is 4.23. The largest absolute Gasteiger partial charge is 0.246 e. The van der Waals surface area contributed by atoms with Gasteiger partial charge in [0.2, 0.25) is 0 Å². The predicted octanol–water partition coefficient (Wildman–Crippen LogP) is 7.43. The Morgan fingerprint density at radius 1 is 0.864 bits per heavy atom. The van der Waals surface area contributed by atoms with E-state index in [2.05, 4.69) is 33.1 Å². The van der Waals surface area contributed by atoms with Crippen molar-refractivity contribution < 1.29 is 0 Å². The van der Waals surface area contributed by atoms with Gasteiger partial charge in [0.1, 0.15) is 0 Å². The van der Waals surface area contributed by atoms with Crippen molar-refractivity contribution in [3.8, 4) is 0 Å². The summed E-state index contributed by atoms with van der Waals surface area (Å²) in [4.78, 5) is 4.83. The molecule has 0 aliphatic heterocycles. The van der Waals surface area contributed by atoms with E-state index in [1.165, 1.54) is 87.8 Å². The number of aryl methyl sites for hydroxylation is 1. The zero-order chi connectivity index (χ0) is 16.3. The summed E-state index contributed by atoms with van der Waals surface area (Å²) in [6.45, 7) is 9.17. The normalized spacial score (nSPS) is 14.2. The van der Waals surface area contributed by atoms with Gasteiger partial charge in [0, 0.05) is 16.5 Å². The molecule has 0 amide bonds. The van der Waals surface area contributed by atoms with Crippen molar-refractivity contribution in [2.24, 2.45) is 0 Å². The van der Waals surface area contributed by atoms with Gasteiger partial charge in [0.05, 0.1) is 5.01 Å². The van der Waals surface area contributed by atoms with Gasteiger partial charge in [-0.25, -0.2) is 4.98 Å². The lowest BCUT2D eigenvalue weighted by Gasteiger charge is -2.27. The molecule has 2 heteroatoms. The van der Waals surface area contributed by atoms with Crippen LogP contribution in [0.5, 0.6) is 0 Å². The lowest BCUT2D eigenvalue weighted by Crippen LogP contribution is -2.22. The average Bonchev–Trinajstić information content (AvgIpc) is 2.95. The molecule has 0 fully saturated rings. The van der Waals surface area contributed by atoms with Crippen LogP contribution < -0.4 is 0 Å². The van der Waals surface area contributed by atoms with Gasteiger partial charge in [0.25, 0.3) is 0 Å². The van der Waals surface area contributed by atoms with Crippen LogP contribution in [0.25, 0.3) is 0 Å². The second-order valence-electron chi connectivity index (χ2n) is 7.18. The maximum atomic E-state index is 4.83. The predicted molar refractivity (Wildman–Crippen MR) is 101 cm³/mol. The summed E-state index contributed by atoms with van der Waals surface area (Å²) in [6.07, 6.45) is 16.4. The minimum absolute atomic E-state index is 0.317. The molecule has 0 aliphatic rings. The summed E-state index contributed by atoms with van der Waals surface area (Å²) in [5.41, 5.74) is 1.51. The van der Waals surface area contributed by atoms with Crippen LogP contribution in [0.3, 0.4) is 0 Å². The van der Waals surface area contributed by atoms with Gasteiger partial charge in [0.15, 0.2) is 0 Å². The number of nitrogens with zero attached hydrogens (tertiary/aromatic N) is 1. The van der Waals surface area contributed by atoms with Crippen molar-refractivity contribution in [1.82, 2.24) is 4.98 Å². The molecule has 0 aliphatic carbocycles. The van der Waals surface area contributed by atoms with E-state index in [9.17, 15) is 0 Å². The van der Waals surface area contributed by atoms with Gasteiger partial charge in [-0.15, -0.1) is 11.3 Å². The SMILES string of the molecule is CCCCCCCCC(C)(CCCCCC)c1nc(C)cs1. The third-order valence-electron chi connectivity index (χ3n) is 4.80. The number of rotatable bonds is 13. The molecule has 1 atom stereocenters. The van der Waals surface area contributed by atoms with E-state index in [-0.39, 0.29) is 0 Å². The molecule has 128 valence electrons. The highest BCUT2D eigenvalue weighted by Gasteiger charge is 2.28. The van der Waals surface area contributed by atoms with Crippen LogP contribution in [0.2, 0.25) is 0 Å². The molecular weight excluding hydrogens is 286 g/mol. The van der Waals surface area contributed by atoms with Crippen LogP contribution in [0.15, 0.2) is 5.38 Å². The van der Waals surface area contributed by atoms with Gasteiger partial charge in [-0.3, -0.25) is 0 Å². The highest BCUT2D eigenvalue weighted by Crippen LogP contribution is 2.37. The van der Waals surface area contributed by atoms with Crippen molar-refractivity contribution >= 4 is 11.3 Å². The summed E-state index contributed by atoms with van der Waals surface area (Å²) in [6, 6.07) is 0. The topological polar surface area (TPSA) is 12.9 Å². The molecule has 0 saturated carbocycles. The fraction of sp³-hybridized carbons (Fsp3) is 0.850. The summed E-state index contributed by atoms with van der Waals surface area (Å²) in [7, 11) is 0. The van der Waals surface area contributed by atoms with Crippen molar-refractivity contribution in [2.75, 3.05) is 0 Å². The monoisotopic (exact) mass is 323 g/mol. The Morgan fingerprint density at radius 2 is 1.36 bits per heavy atom. The van der Waals surface area contributed by atoms with Crippen molar-refractivity contribution in [3.05, 3.63) is 16.1 Å². The molecule has 0 saturated heterocycles. The Labute approximate surface area is 142 Å². The van der Waals surface area contributed by atoms with Crippen LogP contribution in [0.1, 0.15) is 109 Å². The smallest absolute Gasteiger partial charge is 0.0987 e. The zero-order valence-electron chi connectivity index (χ0n) is 15.4. The minimum atomic E-state index is 0.317. The van der Waals surface area contributed by atoms with Crippen LogP contribution in [0.4, 0.5) is 0 Å². The lowest BCUT2D eigenvalue weighted by molar-refractivity contribution is 0.361. The second kappa shape index (κ2) is 11.2. The number of unbranched alkanes of at least 4 members (excludes halogenated alkanes) is 8. The molecule has 0 bridgehead atoms. The minimum Gasteiger partial charge on any atom is -0.246 e. The molecule has 1 heterocycles. The molecule has 1 nitrogen and oxygen atoms in total. The number of thiazole rings is 1. The molecule has 0 radical (unpaired) electrons. The highest BCUT2D eigenvalue weighted by molar-refractivity contribution is 7.09. The van der Waals surface area contributed by atoms with E-state index in [1.807, 2.05) is 11.3 Å². The van der Waals surface area contributed by atoms with Crippen LogP contribution in [-0.4, -0.2) is 4.98 Å². The number of aromatic nitrogens is 1. The van der Waals surface area contributed by atoms with E-state index in [4.69, 9.17) is 4.98 Å². The first-order valence-corrected chi connectivity index (χ1v) is 10.4. The molecule has 1 rings (SSSR count). The Hall–Kier alpha value is -0.370. The van der Waals surface area contributed by atoms with Crippen LogP contribution in [-0.2, 0) is 5.41 Å². The van der Waals surface area contributed by atoms with E-state index in [0.29, 0.717) is 5.41 Å². The second-order valence-corrected chi connectivity index (χ2v) is 8.04. The first-order valence-electron chi connectivity index (χ1n) is 9.55. The molecule has 0 N–H and O–H groups in total. The van der Waals surface area contributed by atoms with Crippen LogP contribution >= 0.6 is 11.3 Å². The Morgan fingerprint density at radius 3 is 1.86 bits per heavy atom. The fourth-order valence-electron chi connectivity index (χ4n) is 3.21. The highest BCUT2D eigenvalue weighted by atomic mass is 32.1. The average molecular weight is 324 g/mol. The van der Waals surface area contributed by atoms with Gasteiger partial charge in [-0.05, 0) is 19.8 Å². The van der Waals surface area contributed by atoms with Gasteiger partial charge in [-0.2, -0.15) is 0 Å². The molecule has 0 spiro atoms. The van der Waals surface area contributed by atoms with E-state index in [1.54, 1.807) is 0 Å². The quantitative estimate of drug-likeness (QED) is 0.344. The number of hydrogen-bond donors (Lipinski definition) is 0. The van der Waals surface area contributed by atoms with E-state index < -0.39 is 0 Å². The maximum Gasteiger partial charge on any atom is 0.0987 e. The molecule has 1 aromatic rings. The molecular formula is C20H37NS. The third-order valence-corrected chi connectivity index (χ3v) is 6.07. The maximum absolute atomic E-state index is 4.83. The Balaban J connectivity index is 2.47. The standard InChI is InChI=1S/C20H37NS/c1-5-7-9-11-12-14-16-20(4,15-13-10-8-6-2)19-21-18(3)17-22-19/h17H,5-16H2,1-4H3. The van der Waals surface area contributed by atoms with E-state index >= 15 is 0 Å². The summed E-state index contributed by atoms with van der Waals surface area (Å²) in [5.74, 6) is 0. The molecule has 1 aromatic heterocycles. The van der Waals surface area contributed by atoms with Gasteiger partial charge < -0.3 is 0 Å². The van der Waals surface area contributed by atoms with Crippen molar-refractivity contribution in [1.29, 1.82) is 0 Å². The molecule has 0 aromatic carbocycles. The lowest BCUT2D eigenvalue weighted by atomic mass is 9.80. The molecule has 22 heavy (non-hydrogen) atoms. The first-order chi connectivity index (χ1) is 10.6. The zero-order valence-corrected chi connectivity index (χ0v) is 16.2. The van der Waals surface area contributed by atoms with Crippen molar-refractivity contribution in [2.45, 2.75) is 110 Å². The van der Waals surface area contributed by atoms with E-state index in [0.717, 1.165) is 0 Å². The molecule has 1 unspecified atom stereocenters. The Bertz CT molecular complexity index is 385. The Kier molecular flexibility index (Phi) is 10.0. The van der Waals surface area contributed by atoms with Crippen LogP contribution in [0, 0.1) is 6.92 Å². The van der Waals surface area contributed by atoms with Crippen molar-refractivity contribution in [3.63, 3.8) is 0 Å². The van der Waals surface area contributed by atoms with Gasteiger partial charge >= 0.3 is 0 Å². The third kappa shape index (κ3) is 7.26.